The fraction of sp³-hybridized carbons (Fsp3) is 0.474. The SMILES string of the molecule is C=C(C)CNC(=NCC(=O)N(C)C)NC(C)C(C)c1ccccc1.I. The van der Waals surface area contributed by atoms with Crippen molar-refractivity contribution in [3.63, 3.8) is 0 Å². The summed E-state index contributed by atoms with van der Waals surface area (Å²) in [4.78, 5) is 17.7. The summed E-state index contributed by atoms with van der Waals surface area (Å²) < 4.78 is 0. The molecule has 0 radical (unpaired) electrons. The number of benzene rings is 1. The third-order valence-electron chi connectivity index (χ3n) is 3.87. The molecule has 2 N–H and O–H groups in total. The van der Waals surface area contributed by atoms with Crippen LogP contribution in [0.15, 0.2) is 47.5 Å². The van der Waals surface area contributed by atoms with Gasteiger partial charge < -0.3 is 15.5 Å². The van der Waals surface area contributed by atoms with Crippen molar-refractivity contribution in [3.05, 3.63) is 48.0 Å². The first-order valence-corrected chi connectivity index (χ1v) is 8.25. The number of hydrogen-bond donors (Lipinski definition) is 2. The van der Waals surface area contributed by atoms with Gasteiger partial charge in [0.1, 0.15) is 6.54 Å². The number of nitrogens with one attached hydrogen (secondary N) is 2. The first kappa shape index (κ1) is 23.4. The summed E-state index contributed by atoms with van der Waals surface area (Å²) in [6.07, 6.45) is 0. The van der Waals surface area contributed by atoms with E-state index >= 15 is 0 Å². The summed E-state index contributed by atoms with van der Waals surface area (Å²) in [6.45, 7) is 10.9. The van der Waals surface area contributed by atoms with Crippen LogP contribution in [0.5, 0.6) is 0 Å². The molecular weight excluding hydrogens is 427 g/mol. The van der Waals surface area contributed by atoms with E-state index in [0.717, 1.165) is 5.57 Å². The molecule has 1 aromatic rings. The first-order chi connectivity index (χ1) is 11.3. The zero-order valence-electron chi connectivity index (χ0n) is 15.9. The molecule has 1 rings (SSSR count). The summed E-state index contributed by atoms with van der Waals surface area (Å²) in [5.74, 6) is 0.909. The number of amides is 1. The van der Waals surface area contributed by atoms with E-state index in [-0.39, 0.29) is 42.5 Å². The van der Waals surface area contributed by atoms with E-state index in [1.54, 1.807) is 14.1 Å². The van der Waals surface area contributed by atoms with E-state index in [1.807, 2.05) is 25.1 Å². The fourth-order valence-corrected chi connectivity index (χ4v) is 2.06. The topological polar surface area (TPSA) is 56.7 Å². The lowest BCUT2D eigenvalue weighted by Gasteiger charge is -2.24. The summed E-state index contributed by atoms with van der Waals surface area (Å²) in [6, 6.07) is 10.5. The standard InChI is InChI=1S/C19H30N4O.HI/c1-14(2)12-20-19(21-13-18(24)23(5)6)22-16(4)15(3)17-10-8-7-9-11-17;/h7-11,15-16H,1,12-13H2,2-6H3,(H2,20,21,22);1H. The quantitative estimate of drug-likeness (QED) is 0.286. The van der Waals surface area contributed by atoms with E-state index in [1.165, 1.54) is 10.5 Å². The maximum Gasteiger partial charge on any atom is 0.243 e. The van der Waals surface area contributed by atoms with Crippen LogP contribution in [0.25, 0.3) is 0 Å². The van der Waals surface area contributed by atoms with Crippen LogP contribution in [0.4, 0.5) is 0 Å². The number of guanidine groups is 1. The maximum atomic E-state index is 11.8. The average Bonchev–Trinajstić information content (AvgIpc) is 2.56. The highest BCUT2D eigenvalue weighted by atomic mass is 127. The second kappa shape index (κ2) is 11.9. The monoisotopic (exact) mass is 458 g/mol. The van der Waals surface area contributed by atoms with Gasteiger partial charge in [-0.25, -0.2) is 4.99 Å². The minimum Gasteiger partial charge on any atom is -0.353 e. The van der Waals surface area contributed by atoms with Crippen LogP contribution < -0.4 is 10.6 Å². The maximum absolute atomic E-state index is 11.8. The molecule has 6 heteroatoms. The van der Waals surface area contributed by atoms with Crippen molar-refractivity contribution in [1.82, 2.24) is 15.5 Å². The number of carbonyl (C=O) groups is 1. The predicted molar refractivity (Wildman–Crippen MR) is 117 cm³/mol. The van der Waals surface area contributed by atoms with Gasteiger partial charge in [0, 0.05) is 32.6 Å². The van der Waals surface area contributed by atoms with Gasteiger partial charge in [-0.3, -0.25) is 4.79 Å². The van der Waals surface area contributed by atoms with E-state index in [2.05, 4.69) is 48.2 Å². The fourth-order valence-electron chi connectivity index (χ4n) is 2.06. The molecule has 0 fully saturated rings. The van der Waals surface area contributed by atoms with Gasteiger partial charge in [0.05, 0.1) is 0 Å². The van der Waals surface area contributed by atoms with Crippen LogP contribution in [0.2, 0.25) is 0 Å². The summed E-state index contributed by atoms with van der Waals surface area (Å²) in [5, 5.41) is 6.61. The van der Waals surface area contributed by atoms with Gasteiger partial charge in [-0.05, 0) is 19.4 Å². The van der Waals surface area contributed by atoms with Gasteiger partial charge in [0.2, 0.25) is 5.91 Å². The average molecular weight is 458 g/mol. The van der Waals surface area contributed by atoms with Gasteiger partial charge in [-0.1, -0.05) is 49.4 Å². The molecule has 25 heavy (non-hydrogen) atoms. The Bertz CT molecular complexity index is 572. The van der Waals surface area contributed by atoms with Crippen molar-refractivity contribution in [3.8, 4) is 0 Å². The first-order valence-electron chi connectivity index (χ1n) is 8.25. The molecule has 1 amide bonds. The van der Waals surface area contributed by atoms with Crippen molar-refractivity contribution < 1.29 is 4.79 Å². The molecule has 0 aliphatic carbocycles. The van der Waals surface area contributed by atoms with Crippen molar-refractivity contribution >= 4 is 35.8 Å². The number of likely N-dealkylation sites (N-methyl/N-ethyl adjacent to an activating group) is 1. The van der Waals surface area contributed by atoms with Gasteiger partial charge in [-0.2, -0.15) is 0 Å². The Labute approximate surface area is 169 Å². The highest BCUT2D eigenvalue weighted by molar-refractivity contribution is 14.0. The lowest BCUT2D eigenvalue weighted by atomic mass is 9.94. The van der Waals surface area contributed by atoms with Gasteiger partial charge in [0.25, 0.3) is 0 Å². The summed E-state index contributed by atoms with van der Waals surface area (Å²) >= 11 is 0. The van der Waals surface area contributed by atoms with E-state index in [9.17, 15) is 4.79 Å². The molecule has 0 aromatic heterocycles. The van der Waals surface area contributed by atoms with Crippen LogP contribution >= 0.6 is 24.0 Å². The van der Waals surface area contributed by atoms with E-state index in [0.29, 0.717) is 18.4 Å². The Hall–Kier alpha value is -1.57. The van der Waals surface area contributed by atoms with Crippen molar-refractivity contribution in [2.75, 3.05) is 27.2 Å². The minimum absolute atomic E-state index is 0. The van der Waals surface area contributed by atoms with Crippen molar-refractivity contribution in [1.29, 1.82) is 0 Å². The van der Waals surface area contributed by atoms with Crippen LogP contribution in [0, 0.1) is 0 Å². The zero-order chi connectivity index (χ0) is 18.1. The second-order valence-electron chi connectivity index (χ2n) is 6.40. The molecule has 2 unspecified atom stereocenters. The third kappa shape index (κ3) is 8.90. The lowest BCUT2D eigenvalue weighted by molar-refractivity contribution is -0.127. The smallest absolute Gasteiger partial charge is 0.243 e. The van der Waals surface area contributed by atoms with Gasteiger partial charge >= 0.3 is 0 Å². The molecule has 140 valence electrons. The lowest BCUT2D eigenvalue weighted by Crippen LogP contribution is -2.45. The van der Waals surface area contributed by atoms with Gasteiger partial charge in [-0.15, -0.1) is 24.0 Å². The largest absolute Gasteiger partial charge is 0.353 e. The Morgan fingerprint density at radius 1 is 1.24 bits per heavy atom. The number of rotatable bonds is 7. The van der Waals surface area contributed by atoms with Crippen LogP contribution in [-0.2, 0) is 4.79 Å². The van der Waals surface area contributed by atoms with E-state index in [4.69, 9.17) is 0 Å². The highest BCUT2D eigenvalue weighted by Gasteiger charge is 2.15. The van der Waals surface area contributed by atoms with Crippen LogP contribution in [0.1, 0.15) is 32.3 Å². The molecule has 5 nitrogen and oxygen atoms in total. The summed E-state index contributed by atoms with van der Waals surface area (Å²) in [7, 11) is 3.46. The summed E-state index contributed by atoms with van der Waals surface area (Å²) in [5.41, 5.74) is 2.27. The number of halogens is 1. The van der Waals surface area contributed by atoms with Crippen molar-refractivity contribution in [2.24, 2.45) is 4.99 Å². The Morgan fingerprint density at radius 3 is 2.36 bits per heavy atom. The predicted octanol–water partition coefficient (Wildman–Crippen LogP) is 3.00. The third-order valence-corrected chi connectivity index (χ3v) is 3.87. The molecule has 0 bridgehead atoms. The van der Waals surface area contributed by atoms with Crippen LogP contribution in [-0.4, -0.2) is 50.0 Å². The van der Waals surface area contributed by atoms with Crippen molar-refractivity contribution in [2.45, 2.75) is 32.7 Å². The normalized spacial score (nSPS) is 13.2. The Balaban J connectivity index is 0.00000576. The number of hydrogen-bond acceptors (Lipinski definition) is 2. The Morgan fingerprint density at radius 2 is 1.84 bits per heavy atom. The van der Waals surface area contributed by atoms with Gasteiger partial charge in [0.15, 0.2) is 5.96 Å². The number of aliphatic imine (C=N–C) groups is 1. The number of nitrogens with zero attached hydrogens (tertiary/aromatic N) is 2. The molecule has 0 spiro atoms. The molecule has 0 saturated heterocycles. The molecule has 0 aliphatic rings. The molecule has 0 saturated carbocycles. The van der Waals surface area contributed by atoms with Crippen LogP contribution in [0.3, 0.4) is 0 Å². The molecule has 2 atom stereocenters. The highest BCUT2D eigenvalue weighted by Crippen LogP contribution is 2.18. The minimum atomic E-state index is -0.0322. The molecular formula is C19H31IN4O. The second-order valence-corrected chi connectivity index (χ2v) is 6.40. The molecule has 0 heterocycles. The van der Waals surface area contributed by atoms with E-state index < -0.39 is 0 Å². The zero-order valence-corrected chi connectivity index (χ0v) is 18.2. The molecule has 1 aromatic carbocycles. The number of carbonyl (C=O) groups excluding carboxylic acids is 1. The molecule has 0 aliphatic heterocycles. The Kier molecular flexibility index (Phi) is 11.1.